The van der Waals surface area contributed by atoms with Crippen molar-refractivity contribution < 1.29 is 18.7 Å². The summed E-state index contributed by atoms with van der Waals surface area (Å²) < 4.78 is 11.0. The van der Waals surface area contributed by atoms with Crippen LogP contribution in [-0.2, 0) is 4.79 Å². The second kappa shape index (κ2) is 9.49. The van der Waals surface area contributed by atoms with E-state index in [2.05, 4.69) is 5.32 Å². The second-order valence-electron chi connectivity index (χ2n) is 7.53. The monoisotopic (exact) mass is 419 g/mol. The Morgan fingerprint density at radius 3 is 2.19 bits per heavy atom. The molecule has 0 radical (unpaired) electrons. The van der Waals surface area contributed by atoms with E-state index in [-0.39, 0.29) is 18.4 Å². The number of carbonyl (C=O) groups excluding carboxylic acids is 2. The number of carbonyl (C=O) groups is 2. The van der Waals surface area contributed by atoms with E-state index in [1.807, 2.05) is 60.4 Å². The van der Waals surface area contributed by atoms with Gasteiger partial charge in [-0.05, 0) is 55.5 Å². The van der Waals surface area contributed by atoms with Gasteiger partial charge in [-0.3, -0.25) is 14.5 Å². The van der Waals surface area contributed by atoms with Crippen LogP contribution in [0.3, 0.4) is 0 Å². The number of benzene rings is 2. The van der Waals surface area contributed by atoms with E-state index in [9.17, 15) is 9.59 Å². The maximum atomic E-state index is 12.4. The van der Waals surface area contributed by atoms with Gasteiger partial charge < -0.3 is 19.4 Å². The van der Waals surface area contributed by atoms with Crippen LogP contribution < -0.4 is 10.1 Å². The molecule has 1 N–H and O–H groups in total. The molecule has 3 aromatic rings. The predicted molar refractivity (Wildman–Crippen MR) is 117 cm³/mol. The number of nitrogens with zero attached hydrogens (tertiary/aromatic N) is 2. The zero-order valence-electron chi connectivity index (χ0n) is 17.4. The van der Waals surface area contributed by atoms with Crippen molar-refractivity contribution in [1.82, 2.24) is 9.80 Å². The lowest BCUT2D eigenvalue weighted by molar-refractivity contribution is -0.117. The standard InChI is InChI=1S/C24H25N3O4/c1-18-4-8-20(9-5-18)31-21-10-6-19(7-11-21)25-23(28)17-26-12-14-27(15-13-26)24(29)22-3-2-16-30-22/h2-11,16H,12-15,17H2,1H3,(H,25,28). The third-order valence-electron chi connectivity index (χ3n) is 5.15. The van der Waals surface area contributed by atoms with Gasteiger partial charge in [0.05, 0.1) is 12.8 Å². The summed E-state index contributed by atoms with van der Waals surface area (Å²) in [6.07, 6.45) is 1.50. The molecule has 4 rings (SSSR count). The number of rotatable bonds is 6. The second-order valence-corrected chi connectivity index (χ2v) is 7.53. The Morgan fingerprint density at radius 2 is 1.58 bits per heavy atom. The number of ether oxygens (including phenoxy) is 1. The molecular formula is C24H25N3O4. The van der Waals surface area contributed by atoms with Crippen LogP contribution in [0.1, 0.15) is 16.1 Å². The smallest absolute Gasteiger partial charge is 0.289 e. The molecule has 2 amide bonds. The number of amides is 2. The molecule has 7 nitrogen and oxygen atoms in total. The third kappa shape index (κ3) is 5.52. The first kappa shape index (κ1) is 20.7. The Bertz CT molecular complexity index is 1010. The van der Waals surface area contributed by atoms with Crippen LogP contribution in [0, 0.1) is 6.92 Å². The predicted octanol–water partition coefficient (Wildman–Crippen LogP) is 3.78. The molecule has 0 atom stereocenters. The van der Waals surface area contributed by atoms with Crippen molar-refractivity contribution in [2.75, 3.05) is 38.0 Å². The van der Waals surface area contributed by atoms with Gasteiger partial charge in [0.1, 0.15) is 11.5 Å². The molecule has 1 saturated heterocycles. The van der Waals surface area contributed by atoms with Gasteiger partial charge in [-0.1, -0.05) is 17.7 Å². The summed E-state index contributed by atoms with van der Waals surface area (Å²) in [5.41, 5.74) is 1.89. The number of hydrogen-bond donors (Lipinski definition) is 1. The van der Waals surface area contributed by atoms with Gasteiger partial charge in [-0.25, -0.2) is 0 Å². The number of piperazine rings is 1. The Hall–Kier alpha value is -3.58. The molecule has 31 heavy (non-hydrogen) atoms. The minimum atomic E-state index is -0.109. The lowest BCUT2D eigenvalue weighted by atomic mass is 10.2. The highest BCUT2D eigenvalue weighted by atomic mass is 16.5. The average Bonchev–Trinajstić information content (AvgIpc) is 3.32. The van der Waals surface area contributed by atoms with Gasteiger partial charge in [0, 0.05) is 31.9 Å². The minimum absolute atomic E-state index is 0.0852. The molecule has 2 aromatic carbocycles. The SMILES string of the molecule is Cc1ccc(Oc2ccc(NC(=O)CN3CCN(C(=O)c4ccco4)CC3)cc2)cc1. The molecule has 1 aromatic heterocycles. The van der Waals surface area contributed by atoms with Crippen molar-refractivity contribution >= 4 is 17.5 Å². The molecule has 0 aliphatic carbocycles. The largest absolute Gasteiger partial charge is 0.459 e. The Balaban J connectivity index is 1.23. The van der Waals surface area contributed by atoms with Crippen LogP contribution in [0.15, 0.2) is 71.3 Å². The lowest BCUT2D eigenvalue weighted by Crippen LogP contribution is -2.50. The van der Waals surface area contributed by atoms with Crippen LogP contribution in [0.5, 0.6) is 11.5 Å². The van der Waals surface area contributed by atoms with E-state index in [0.717, 1.165) is 5.75 Å². The Kier molecular flexibility index (Phi) is 6.33. The van der Waals surface area contributed by atoms with E-state index in [4.69, 9.17) is 9.15 Å². The average molecular weight is 419 g/mol. The first-order valence-electron chi connectivity index (χ1n) is 10.3. The van der Waals surface area contributed by atoms with Gasteiger partial charge in [0.2, 0.25) is 5.91 Å². The summed E-state index contributed by atoms with van der Waals surface area (Å²) in [5.74, 6) is 1.63. The number of furan rings is 1. The van der Waals surface area contributed by atoms with Crippen molar-refractivity contribution in [2.45, 2.75) is 6.92 Å². The fraction of sp³-hybridized carbons (Fsp3) is 0.250. The van der Waals surface area contributed by atoms with Crippen LogP contribution in [0.2, 0.25) is 0 Å². The molecule has 160 valence electrons. The van der Waals surface area contributed by atoms with Crippen molar-refractivity contribution in [2.24, 2.45) is 0 Å². The highest BCUT2D eigenvalue weighted by Crippen LogP contribution is 2.23. The maximum absolute atomic E-state index is 12.4. The van der Waals surface area contributed by atoms with Gasteiger partial charge in [-0.2, -0.15) is 0 Å². The van der Waals surface area contributed by atoms with Crippen LogP contribution >= 0.6 is 0 Å². The fourth-order valence-electron chi connectivity index (χ4n) is 3.42. The molecule has 0 saturated carbocycles. The Labute approximate surface area is 181 Å². The van der Waals surface area contributed by atoms with Gasteiger partial charge >= 0.3 is 0 Å². The van der Waals surface area contributed by atoms with E-state index in [1.54, 1.807) is 17.0 Å². The van der Waals surface area contributed by atoms with Gasteiger partial charge in [-0.15, -0.1) is 0 Å². The van der Waals surface area contributed by atoms with Gasteiger partial charge in [0.15, 0.2) is 5.76 Å². The molecular weight excluding hydrogens is 394 g/mol. The lowest BCUT2D eigenvalue weighted by Gasteiger charge is -2.33. The first-order valence-corrected chi connectivity index (χ1v) is 10.3. The molecule has 0 bridgehead atoms. The normalized spacial score (nSPS) is 14.3. The van der Waals surface area contributed by atoms with Crippen molar-refractivity contribution in [1.29, 1.82) is 0 Å². The molecule has 1 aliphatic heterocycles. The minimum Gasteiger partial charge on any atom is -0.459 e. The summed E-state index contributed by atoms with van der Waals surface area (Å²) in [6, 6.07) is 18.5. The van der Waals surface area contributed by atoms with E-state index < -0.39 is 0 Å². The summed E-state index contributed by atoms with van der Waals surface area (Å²) in [4.78, 5) is 28.5. The van der Waals surface area contributed by atoms with Crippen molar-refractivity contribution in [3.05, 3.63) is 78.3 Å². The van der Waals surface area contributed by atoms with E-state index in [1.165, 1.54) is 11.8 Å². The molecule has 2 heterocycles. The van der Waals surface area contributed by atoms with Crippen LogP contribution in [-0.4, -0.2) is 54.3 Å². The molecule has 1 aliphatic rings. The maximum Gasteiger partial charge on any atom is 0.289 e. The van der Waals surface area contributed by atoms with Crippen LogP contribution in [0.25, 0.3) is 0 Å². The summed E-state index contributed by atoms with van der Waals surface area (Å²) in [5, 5.41) is 2.91. The Morgan fingerprint density at radius 1 is 0.935 bits per heavy atom. The summed E-state index contributed by atoms with van der Waals surface area (Å²) in [7, 11) is 0. The zero-order valence-corrected chi connectivity index (χ0v) is 17.4. The zero-order chi connectivity index (χ0) is 21.6. The number of nitrogens with one attached hydrogen (secondary N) is 1. The summed E-state index contributed by atoms with van der Waals surface area (Å²) >= 11 is 0. The highest BCUT2D eigenvalue weighted by molar-refractivity contribution is 5.92. The molecule has 0 spiro atoms. The number of hydrogen-bond acceptors (Lipinski definition) is 5. The number of aryl methyl sites for hydroxylation is 1. The first-order chi connectivity index (χ1) is 15.1. The topological polar surface area (TPSA) is 75.0 Å². The van der Waals surface area contributed by atoms with E-state index in [0.29, 0.717) is 43.4 Å². The quantitative estimate of drug-likeness (QED) is 0.658. The van der Waals surface area contributed by atoms with Gasteiger partial charge in [0.25, 0.3) is 5.91 Å². The molecule has 0 unspecified atom stereocenters. The molecule has 1 fully saturated rings. The molecule has 7 heteroatoms. The number of anilines is 1. The fourth-order valence-corrected chi connectivity index (χ4v) is 3.42. The third-order valence-corrected chi connectivity index (χ3v) is 5.15. The van der Waals surface area contributed by atoms with Crippen LogP contribution in [0.4, 0.5) is 5.69 Å². The highest BCUT2D eigenvalue weighted by Gasteiger charge is 2.24. The van der Waals surface area contributed by atoms with Crippen molar-refractivity contribution in [3.63, 3.8) is 0 Å². The van der Waals surface area contributed by atoms with Crippen molar-refractivity contribution in [3.8, 4) is 11.5 Å². The summed E-state index contributed by atoms with van der Waals surface area (Å²) in [6.45, 7) is 4.73. The van der Waals surface area contributed by atoms with E-state index >= 15 is 0 Å².